The number of amides is 1. The molecule has 1 amide bonds. The van der Waals surface area contributed by atoms with Gasteiger partial charge in [0.25, 0.3) is 5.91 Å². The summed E-state index contributed by atoms with van der Waals surface area (Å²) in [5.74, 6) is -0.307. The highest BCUT2D eigenvalue weighted by Crippen LogP contribution is 2.38. The van der Waals surface area contributed by atoms with E-state index in [1.807, 2.05) is 13.0 Å². The molecule has 1 aliphatic rings. The molecule has 0 aliphatic heterocycles. The summed E-state index contributed by atoms with van der Waals surface area (Å²) in [6.07, 6.45) is 3.17. The van der Waals surface area contributed by atoms with E-state index < -0.39 is 0 Å². The van der Waals surface area contributed by atoms with Crippen LogP contribution in [0.4, 0.5) is 4.39 Å². The number of hydrogen-bond donors (Lipinski definition) is 1. The van der Waals surface area contributed by atoms with Gasteiger partial charge in [0.15, 0.2) is 0 Å². The lowest BCUT2D eigenvalue weighted by Gasteiger charge is -2.17. The second-order valence-corrected chi connectivity index (χ2v) is 7.80. The van der Waals surface area contributed by atoms with Crippen LogP contribution in [0.5, 0.6) is 0 Å². The molecule has 1 fully saturated rings. The van der Waals surface area contributed by atoms with Crippen molar-refractivity contribution in [3.63, 3.8) is 0 Å². The van der Waals surface area contributed by atoms with E-state index in [0.717, 1.165) is 29.5 Å². The Morgan fingerprint density at radius 3 is 2.81 bits per heavy atom. The molecule has 1 N–H and O–H groups in total. The van der Waals surface area contributed by atoms with Gasteiger partial charge in [-0.25, -0.2) is 4.39 Å². The second kappa shape index (κ2) is 5.09. The van der Waals surface area contributed by atoms with Crippen LogP contribution >= 0.6 is 11.3 Å². The second-order valence-electron chi connectivity index (χ2n) is 6.75. The summed E-state index contributed by atoms with van der Waals surface area (Å²) in [6, 6.07) is 5.24. The molecular formula is C17H20FNOS. The highest BCUT2D eigenvalue weighted by molar-refractivity contribution is 7.21. The molecule has 1 aromatic heterocycles. The first-order chi connectivity index (χ1) is 9.87. The summed E-state index contributed by atoms with van der Waals surface area (Å²) in [4.78, 5) is 13.1. The highest BCUT2D eigenvalue weighted by atomic mass is 32.1. The molecule has 1 unspecified atom stereocenters. The maximum absolute atomic E-state index is 13.9. The van der Waals surface area contributed by atoms with Crippen molar-refractivity contribution in [3.8, 4) is 0 Å². The molecule has 1 saturated carbocycles. The Morgan fingerprint density at radius 2 is 2.19 bits per heavy atom. The Labute approximate surface area is 128 Å². The topological polar surface area (TPSA) is 29.1 Å². The van der Waals surface area contributed by atoms with Crippen LogP contribution in [0.15, 0.2) is 18.2 Å². The van der Waals surface area contributed by atoms with Gasteiger partial charge in [0, 0.05) is 16.1 Å². The number of halogens is 1. The van der Waals surface area contributed by atoms with E-state index in [0.29, 0.717) is 15.7 Å². The summed E-state index contributed by atoms with van der Waals surface area (Å²) >= 11 is 1.38. The molecule has 1 aliphatic carbocycles. The van der Waals surface area contributed by atoms with Crippen molar-refractivity contribution in [1.29, 1.82) is 0 Å². The number of carbonyl (C=O) groups is 1. The average Bonchev–Trinajstić information content (AvgIpc) is 2.91. The largest absolute Gasteiger partial charge is 0.349 e. The van der Waals surface area contributed by atoms with E-state index >= 15 is 0 Å². The summed E-state index contributed by atoms with van der Waals surface area (Å²) < 4.78 is 14.7. The Hall–Kier alpha value is -1.42. The zero-order valence-corrected chi connectivity index (χ0v) is 13.4. The van der Waals surface area contributed by atoms with Crippen LogP contribution < -0.4 is 5.32 Å². The molecule has 21 heavy (non-hydrogen) atoms. The molecule has 0 spiro atoms. The first-order valence-corrected chi connectivity index (χ1v) is 8.17. The number of aryl methyl sites for hydroxylation is 1. The minimum Gasteiger partial charge on any atom is -0.349 e. The SMILES string of the molecule is Cc1c(C(=O)NC2CCC(C)(C)C2)sc2cccc(F)c12. The monoisotopic (exact) mass is 305 g/mol. The molecule has 3 rings (SSSR count). The number of thiophene rings is 1. The van der Waals surface area contributed by atoms with Crippen LogP contribution in [0.3, 0.4) is 0 Å². The maximum atomic E-state index is 13.9. The van der Waals surface area contributed by atoms with E-state index in [1.165, 1.54) is 17.4 Å². The summed E-state index contributed by atoms with van der Waals surface area (Å²) in [6.45, 7) is 6.30. The number of carbonyl (C=O) groups excluding carboxylic acids is 1. The Morgan fingerprint density at radius 1 is 1.43 bits per heavy atom. The summed E-state index contributed by atoms with van der Waals surface area (Å²) in [5, 5.41) is 3.70. The van der Waals surface area contributed by atoms with Crippen molar-refractivity contribution in [1.82, 2.24) is 5.32 Å². The van der Waals surface area contributed by atoms with Gasteiger partial charge >= 0.3 is 0 Å². The van der Waals surface area contributed by atoms with Gasteiger partial charge in [-0.1, -0.05) is 19.9 Å². The van der Waals surface area contributed by atoms with Crippen molar-refractivity contribution in [2.45, 2.75) is 46.1 Å². The number of fused-ring (bicyclic) bond motifs is 1. The fourth-order valence-corrected chi connectivity index (χ4v) is 4.41. The molecule has 2 nitrogen and oxygen atoms in total. The Kier molecular flexibility index (Phi) is 3.52. The van der Waals surface area contributed by atoms with Crippen LogP contribution in [-0.4, -0.2) is 11.9 Å². The number of rotatable bonds is 2. The standard InChI is InChI=1S/C17H20FNOS/c1-10-14-12(18)5-4-6-13(14)21-15(10)16(20)19-11-7-8-17(2,3)9-11/h4-6,11H,7-9H2,1-3H3,(H,19,20). The number of nitrogens with one attached hydrogen (secondary N) is 1. The van der Waals surface area contributed by atoms with Gasteiger partial charge < -0.3 is 5.32 Å². The van der Waals surface area contributed by atoms with Gasteiger partial charge in [-0.05, 0) is 49.3 Å². The molecular weight excluding hydrogens is 285 g/mol. The zero-order valence-electron chi connectivity index (χ0n) is 12.6. The fourth-order valence-electron chi connectivity index (χ4n) is 3.28. The van der Waals surface area contributed by atoms with Gasteiger partial charge in [-0.15, -0.1) is 11.3 Å². The highest BCUT2D eigenvalue weighted by Gasteiger charge is 2.32. The van der Waals surface area contributed by atoms with Gasteiger partial charge in [-0.2, -0.15) is 0 Å². The Bertz CT molecular complexity index is 704. The van der Waals surface area contributed by atoms with Crippen LogP contribution in [-0.2, 0) is 0 Å². The maximum Gasteiger partial charge on any atom is 0.261 e. The van der Waals surface area contributed by atoms with E-state index in [4.69, 9.17) is 0 Å². The normalized spacial score (nSPS) is 20.9. The van der Waals surface area contributed by atoms with Crippen LogP contribution in [0.25, 0.3) is 10.1 Å². The third-order valence-corrected chi connectivity index (χ3v) is 5.67. The third kappa shape index (κ3) is 2.69. The van der Waals surface area contributed by atoms with Crippen molar-refractivity contribution < 1.29 is 9.18 Å². The van der Waals surface area contributed by atoms with Crippen molar-refractivity contribution in [3.05, 3.63) is 34.5 Å². The van der Waals surface area contributed by atoms with Gasteiger partial charge in [0.05, 0.1) is 4.88 Å². The van der Waals surface area contributed by atoms with Crippen molar-refractivity contribution in [2.24, 2.45) is 5.41 Å². The summed E-state index contributed by atoms with van der Waals surface area (Å²) in [7, 11) is 0. The molecule has 0 bridgehead atoms. The lowest BCUT2D eigenvalue weighted by molar-refractivity contribution is 0.0939. The molecule has 4 heteroatoms. The molecule has 2 aromatic rings. The molecule has 1 atom stereocenters. The van der Waals surface area contributed by atoms with Gasteiger partial charge in [0.1, 0.15) is 5.82 Å². The van der Waals surface area contributed by atoms with E-state index in [1.54, 1.807) is 6.07 Å². The lowest BCUT2D eigenvalue weighted by atomic mass is 9.92. The smallest absolute Gasteiger partial charge is 0.261 e. The fraction of sp³-hybridized carbons (Fsp3) is 0.471. The predicted molar refractivity (Wildman–Crippen MR) is 85.4 cm³/mol. The van der Waals surface area contributed by atoms with E-state index in [2.05, 4.69) is 19.2 Å². The number of hydrogen-bond acceptors (Lipinski definition) is 2. The minimum absolute atomic E-state index is 0.0594. The molecule has 1 aromatic carbocycles. The molecule has 112 valence electrons. The molecule has 1 heterocycles. The third-order valence-electron chi connectivity index (χ3n) is 4.41. The van der Waals surface area contributed by atoms with Crippen LogP contribution in [0.1, 0.15) is 48.3 Å². The van der Waals surface area contributed by atoms with Crippen LogP contribution in [0.2, 0.25) is 0 Å². The average molecular weight is 305 g/mol. The van der Waals surface area contributed by atoms with E-state index in [-0.39, 0.29) is 17.8 Å². The molecule has 0 saturated heterocycles. The first-order valence-electron chi connectivity index (χ1n) is 7.36. The van der Waals surface area contributed by atoms with E-state index in [9.17, 15) is 9.18 Å². The van der Waals surface area contributed by atoms with Gasteiger partial charge in [0.2, 0.25) is 0 Å². The van der Waals surface area contributed by atoms with Crippen molar-refractivity contribution in [2.75, 3.05) is 0 Å². The predicted octanol–water partition coefficient (Wildman–Crippen LogP) is 4.66. The molecule has 0 radical (unpaired) electrons. The summed E-state index contributed by atoms with van der Waals surface area (Å²) in [5.41, 5.74) is 1.06. The quantitative estimate of drug-likeness (QED) is 0.859. The number of benzene rings is 1. The van der Waals surface area contributed by atoms with Crippen molar-refractivity contribution >= 4 is 27.3 Å². The zero-order chi connectivity index (χ0) is 15.2. The van der Waals surface area contributed by atoms with Crippen LogP contribution in [0, 0.1) is 18.2 Å². The van der Waals surface area contributed by atoms with Gasteiger partial charge in [-0.3, -0.25) is 4.79 Å². The minimum atomic E-state index is -0.248. The lowest BCUT2D eigenvalue weighted by Crippen LogP contribution is -2.33. The Balaban J connectivity index is 1.86. The first kappa shape index (κ1) is 14.5.